The fraction of sp³-hybridized carbons (Fsp3) is 0.290. The van der Waals surface area contributed by atoms with Crippen molar-refractivity contribution < 1.29 is 27.1 Å². The van der Waals surface area contributed by atoms with Crippen molar-refractivity contribution >= 4 is 52.6 Å². The number of likely N-dealkylation sites (tertiary alicyclic amines) is 1. The summed E-state index contributed by atoms with van der Waals surface area (Å²) >= 11 is 0.917. The minimum Gasteiger partial charge on any atom is -0.457 e. The summed E-state index contributed by atoms with van der Waals surface area (Å²) in [4.78, 5) is 24.1. The molecule has 3 heterocycles. The average Bonchev–Trinajstić information content (AvgIpc) is 3.60. The highest BCUT2D eigenvalue weighted by molar-refractivity contribution is 7.98. The van der Waals surface area contributed by atoms with Gasteiger partial charge >= 0.3 is 12.4 Å². The third-order valence-corrected chi connectivity index (χ3v) is 8.11. The van der Waals surface area contributed by atoms with Crippen LogP contribution in [-0.2, 0) is 0 Å². The van der Waals surface area contributed by atoms with E-state index in [9.17, 15) is 18.0 Å². The number of anilines is 2. The second kappa shape index (κ2) is 14.1. The van der Waals surface area contributed by atoms with Gasteiger partial charge in [-0.15, -0.1) is 13.2 Å². The monoisotopic (exact) mass is 654 g/mol. The second-order valence-corrected chi connectivity index (χ2v) is 11.6. The van der Waals surface area contributed by atoms with Crippen molar-refractivity contribution in [2.45, 2.75) is 25.1 Å². The zero-order valence-electron chi connectivity index (χ0n) is 25.0. The van der Waals surface area contributed by atoms with E-state index in [1.54, 1.807) is 19.1 Å². The maximum absolute atomic E-state index is 12.5. The predicted molar refractivity (Wildman–Crippen MR) is 172 cm³/mol. The SMILES string of the molecule is CCN1CC(/C=C/c2cc3cc(C(=N)N)ccc3o2)C(CNc2cc(C)nc(NC(=O)NSc3ccc(OC(F)(F)F)cc3)n2)C1. The maximum Gasteiger partial charge on any atom is 0.573 e. The van der Waals surface area contributed by atoms with Crippen molar-refractivity contribution in [3.63, 3.8) is 0 Å². The molecule has 2 unspecified atom stereocenters. The van der Waals surface area contributed by atoms with Crippen molar-refractivity contribution in [2.75, 3.05) is 36.8 Å². The number of amides is 2. The van der Waals surface area contributed by atoms with Crippen LogP contribution < -0.4 is 25.8 Å². The summed E-state index contributed by atoms with van der Waals surface area (Å²) in [7, 11) is 0. The van der Waals surface area contributed by atoms with Crippen LogP contribution >= 0.6 is 11.9 Å². The third-order valence-electron chi connectivity index (χ3n) is 7.31. The molecule has 0 saturated carbocycles. The van der Waals surface area contributed by atoms with Crippen LogP contribution in [0, 0.1) is 24.2 Å². The summed E-state index contributed by atoms with van der Waals surface area (Å²) in [6.07, 6.45) is -0.619. The molecular formula is C31H33F3N8O3S. The Labute approximate surface area is 267 Å². The number of nitrogens with one attached hydrogen (secondary N) is 4. The number of aromatic nitrogens is 2. The van der Waals surface area contributed by atoms with Crippen molar-refractivity contribution in [2.24, 2.45) is 17.6 Å². The summed E-state index contributed by atoms with van der Waals surface area (Å²) in [6.45, 7) is 7.30. The minimum absolute atomic E-state index is 0.0101. The molecule has 1 saturated heterocycles. The first kappa shape index (κ1) is 32.6. The average molecular weight is 655 g/mol. The largest absolute Gasteiger partial charge is 0.573 e. The Kier molecular flexibility index (Phi) is 10.0. The molecule has 242 valence electrons. The van der Waals surface area contributed by atoms with Crippen LogP contribution in [0.2, 0.25) is 0 Å². The number of nitrogens with zero attached hydrogens (tertiary/aromatic N) is 3. The number of halogens is 3. The van der Waals surface area contributed by atoms with Crippen LogP contribution in [0.15, 0.2) is 70.0 Å². The lowest BCUT2D eigenvalue weighted by Crippen LogP contribution is -2.25. The molecule has 0 spiro atoms. The Morgan fingerprint density at radius 1 is 1.17 bits per heavy atom. The zero-order valence-corrected chi connectivity index (χ0v) is 25.8. The van der Waals surface area contributed by atoms with Gasteiger partial charge < -0.3 is 25.1 Å². The van der Waals surface area contributed by atoms with E-state index in [0.717, 1.165) is 60.4 Å². The minimum atomic E-state index is -4.78. The molecule has 15 heteroatoms. The Morgan fingerprint density at radius 3 is 2.67 bits per heavy atom. The van der Waals surface area contributed by atoms with Crippen LogP contribution in [0.1, 0.15) is 23.9 Å². The first-order valence-corrected chi connectivity index (χ1v) is 15.2. The van der Waals surface area contributed by atoms with E-state index in [2.05, 4.69) is 48.0 Å². The van der Waals surface area contributed by atoms with E-state index >= 15 is 0 Å². The van der Waals surface area contributed by atoms with Crippen molar-refractivity contribution in [3.8, 4) is 5.75 Å². The molecule has 1 fully saturated rings. The fourth-order valence-electron chi connectivity index (χ4n) is 5.11. The number of amidine groups is 1. The number of carbonyl (C=O) groups excluding carboxylic acids is 1. The second-order valence-electron chi connectivity index (χ2n) is 10.7. The number of nitrogens with two attached hydrogens (primary N) is 1. The summed E-state index contributed by atoms with van der Waals surface area (Å²) in [6, 6.07) is 13.7. The highest BCUT2D eigenvalue weighted by Crippen LogP contribution is 2.28. The number of benzene rings is 2. The highest BCUT2D eigenvalue weighted by Gasteiger charge is 2.31. The van der Waals surface area contributed by atoms with E-state index < -0.39 is 12.4 Å². The number of rotatable bonds is 11. The number of hydrogen-bond acceptors (Lipinski definition) is 9. The first-order valence-electron chi connectivity index (χ1n) is 14.4. The smallest absolute Gasteiger partial charge is 0.457 e. The molecule has 2 amide bonds. The van der Waals surface area contributed by atoms with Gasteiger partial charge in [0.15, 0.2) is 0 Å². The number of fused-ring (bicyclic) bond motifs is 1. The summed E-state index contributed by atoms with van der Waals surface area (Å²) in [5.74, 6) is 1.58. The number of urea groups is 1. The van der Waals surface area contributed by atoms with E-state index in [0.29, 0.717) is 28.5 Å². The van der Waals surface area contributed by atoms with Gasteiger partial charge in [0, 0.05) is 47.2 Å². The van der Waals surface area contributed by atoms with Gasteiger partial charge in [-0.25, -0.2) is 9.78 Å². The van der Waals surface area contributed by atoms with Crippen LogP contribution in [0.5, 0.6) is 5.75 Å². The molecule has 1 aliphatic heterocycles. The quantitative estimate of drug-likeness (QED) is 0.0719. The highest BCUT2D eigenvalue weighted by atomic mass is 32.2. The van der Waals surface area contributed by atoms with Gasteiger partial charge in [0.2, 0.25) is 5.95 Å². The number of nitrogen functional groups attached to an aromatic ring is 1. The zero-order chi connectivity index (χ0) is 32.8. The number of carbonyl (C=O) groups is 1. The lowest BCUT2D eigenvalue weighted by atomic mass is 9.95. The van der Waals surface area contributed by atoms with E-state index in [1.807, 2.05) is 24.3 Å². The van der Waals surface area contributed by atoms with Crippen LogP contribution in [0.3, 0.4) is 0 Å². The molecule has 4 aromatic rings. The summed E-state index contributed by atoms with van der Waals surface area (Å²) in [5.41, 5.74) is 7.65. The molecule has 2 aromatic carbocycles. The van der Waals surface area contributed by atoms with Gasteiger partial charge in [0.1, 0.15) is 28.7 Å². The molecule has 0 bridgehead atoms. The normalized spacial score (nSPS) is 17.0. The molecule has 2 atom stereocenters. The van der Waals surface area contributed by atoms with Crippen LogP contribution in [-0.4, -0.2) is 59.3 Å². The maximum atomic E-state index is 12.5. The Hall–Kier alpha value is -4.76. The number of ether oxygens (including phenoxy) is 1. The number of furan rings is 1. The Bertz CT molecular complexity index is 1730. The molecule has 11 nitrogen and oxygen atoms in total. The van der Waals surface area contributed by atoms with Gasteiger partial charge in [-0.2, -0.15) is 4.98 Å². The Morgan fingerprint density at radius 2 is 1.96 bits per heavy atom. The van der Waals surface area contributed by atoms with E-state index in [-0.39, 0.29) is 29.4 Å². The summed E-state index contributed by atoms with van der Waals surface area (Å²) in [5, 5.41) is 14.5. The molecular weight excluding hydrogens is 621 g/mol. The Balaban J connectivity index is 1.17. The molecule has 6 N–H and O–H groups in total. The van der Waals surface area contributed by atoms with Crippen molar-refractivity contribution in [1.82, 2.24) is 19.6 Å². The van der Waals surface area contributed by atoms with Crippen LogP contribution in [0.4, 0.5) is 29.7 Å². The fourth-order valence-corrected chi connectivity index (χ4v) is 5.64. The molecule has 5 rings (SSSR count). The lowest BCUT2D eigenvalue weighted by Gasteiger charge is -2.17. The number of aryl methyl sites for hydroxylation is 1. The van der Waals surface area contributed by atoms with Gasteiger partial charge in [-0.3, -0.25) is 15.4 Å². The molecule has 0 aliphatic carbocycles. The van der Waals surface area contributed by atoms with Gasteiger partial charge in [0.25, 0.3) is 0 Å². The third kappa shape index (κ3) is 8.91. The first-order chi connectivity index (χ1) is 21.9. The van der Waals surface area contributed by atoms with E-state index in [1.165, 1.54) is 12.1 Å². The molecule has 0 radical (unpaired) electrons. The lowest BCUT2D eigenvalue weighted by molar-refractivity contribution is -0.274. The van der Waals surface area contributed by atoms with Crippen molar-refractivity contribution in [1.29, 1.82) is 5.41 Å². The predicted octanol–water partition coefficient (Wildman–Crippen LogP) is 6.24. The molecule has 2 aromatic heterocycles. The van der Waals surface area contributed by atoms with Gasteiger partial charge in [0.05, 0.1) is 0 Å². The standard InChI is InChI=1S/C31H33F3N8O3S/c1-3-42-16-20(4-6-24-14-21-13-19(28(35)36)5-11-26(21)44-24)22(17-42)15-37-27-12-18(2)38-29(39-27)40-30(43)41-46-25-9-7-23(8-10-25)45-31(32,33)34/h4-14,20,22H,3,15-17H2,1-2H3,(H3,35,36)(H3,37,38,39,40,41,43)/b6-4+. The number of alkyl halides is 3. The molecule has 46 heavy (non-hydrogen) atoms. The number of hydrogen-bond donors (Lipinski definition) is 5. The van der Waals surface area contributed by atoms with E-state index in [4.69, 9.17) is 15.6 Å². The van der Waals surface area contributed by atoms with Crippen molar-refractivity contribution in [3.05, 3.63) is 77.7 Å². The van der Waals surface area contributed by atoms with Gasteiger partial charge in [-0.05, 0) is 91.9 Å². The van der Waals surface area contributed by atoms with Gasteiger partial charge in [-0.1, -0.05) is 13.0 Å². The van der Waals surface area contributed by atoms with Crippen LogP contribution in [0.25, 0.3) is 17.0 Å². The summed E-state index contributed by atoms with van der Waals surface area (Å²) < 4.78 is 49.5. The molecule has 1 aliphatic rings. The topological polar surface area (TPSA) is 154 Å².